The third kappa shape index (κ3) is 4.71. The number of nitrogens with one attached hydrogen (secondary N) is 1. The monoisotopic (exact) mass is 509 g/mol. The molecule has 0 aromatic heterocycles. The summed E-state index contributed by atoms with van der Waals surface area (Å²) in [5, 5.41) is 1.96. The molecule has 4 heterocycles. The first-order chi connectivity index (χ1) is 12.4. The normalized spacial score (nSPS) is 26.3. The van der Waals surface area contributed by atoms with Gasteiger partial charge in [0.2, 0.25) is 0 Å². The Kier molecular flexibility index (Phi) is 6.77. The first-order valence-corrected chi connectivity index (χ1v) is 14.3. The second-order valence-electron chi connectivity index (χ2n) is 5.09. The number of hydrogen-bond donors (Lipinski definition) is 1. The first-order valence-electron chi connectivity index (χ1n) is 7.24. The second kappa shape index (κ2) is 8.57. The quantitative estimate of drug-likeness (QED) is 0.458. The number of rotatable bonds is 2. The Morgan fingerprint density at radius 2 is 1.42 bits per heavy atom. The number of carbonyl (C=O) groups is 1. The van der Waals surface area contributed by atoms with Crippen LogP contribution in [-0.4, -0.2) is 41.1 Å². The van der Waals surface area contributed by atoms with Crippen molar-refractivity contribution in [3.63, 3.8) is 0 Å². The van der Waals surface area contributed by atoms with Crippen molar-refractivity contribution in [2.45, 2.75) is 11.4 Å². The van der Waals surface area contributed by atoms with E-state index in [4.69, 9.17) is 0 Å². The molecule has 0 bridgehead atoms. The third-order valence-corrected chi connectivity index (χ3v) is 15.6. The van der Waals surface area contributed by atoms with E-state index < -0.39 is 12.1 Å². The summed E-state index contributed by atoms with van der Waals surface area (Å²) in [4.78, 5) is 11.0. The van der Waals surface area contributed by atoms with Gasteiger partial charge in [-0.2, -0.15) is 13.2 Å². The molecular weight excluding hydrogens is 500 g/mol. The number of amides is 1. The fourth-order valence-electron chi connectivity index (χ4n) is 2.08. The van der Waals surface area contributed by atoms with E-state index in [0.717, 1.165) is 15.7 Å². The summed E-state index contributed by atoms with van der Waals surface area (Å²) in [6.45, 7) is 0.0382. The van der Waals surface area contributed by atoms with Crippen LogP contribution < -0.4 is 5.32 Å². The lowest BCUT2D eigenvalue weighted by Gasteiger charge is -2.21. The van der Waals surface area contributed by atoms with Crippen molar-refractivity contribution in [1.82, 2.24) is 5.32 Å². The molecule has 0 aliphatic carbocycles. The minimum Gasteiger partial charge on any atom is -0.347 e. The van der Waals surface area contributed by atoms with Gasteiger partial charge in [-0.3, -0.25) is 4.79 Å². The SMILES string of the molecule is O=C(NCC1CSC2=C(SC(=C3SC4=C(SCCS4)S3)S2)S1)C(F)(F)F. The molecule has 1 unspecified atom stereocenters. The largest absolute Gasteiger partial charge is 0.471 e. The summed E-state index contributed by atoms with van der Waals surface area (Å²) in [6, 6.07) is 0. The molecule has 1 N–H and O–H groups in total. The highest BCUT2D eigenvalue weighted by atomic mass is 32.3. The molecule has 0 spiro atoms. The average Bonchev–Trinajstić information content (AvgIpc) is 3.21. The van der Waals surface area contributed by atoms with Crippen LogP contribution in [0.3, 0.4) is 0 Å². The zero-order valence-electron chi connectivity index (χ0n) is 12.7. The predicted molar refractivity (Wildman–Crippen MR) is 119 cm³/mol. The molecule has 4 rings (SSSR count). The molecule has 0 radical (unpaired) electrons. The summed E-state index contributed by atoms with van der Waals surface area (Å²) in [6.07, 6.45) is -4.81. The number of alkyl halides is 3. The summed E-state index contributed by atoms with van der Waals surface area (Å²) in [5.41, 5.74) is 0. The van der Waals surface area contributed by atoms with Gasteiger partial charge in [0, 0.05) is 29.1 Å². The van der Waals surface area contributed by atoms with Crippen molar-refractivity contribution in [3.8, 4) is 0 Å². The van der Waals surface area contributed by atoms with Gasteiger partial charge in [0.05, 0.1) is 25.4 Å². The lowest BCUT2D eigenvalue weighted by molar-refractivity contribution is -0.173. The van der Waals surface area contributed by atoms with Crippen molar-refractivity contribution in [2.24, 2.45) is 0 Å². The first kappa shape index (κ1) is 20.5. The van der Waals surface area contributed by atoms with Gasteiger partial charge in [0.15, 0.2) is 0 Å². The van der Waals surface area contributed by atoms with Crippen LogP contribution in [0, 0.1) is 0 Å². The molecule has 142 valence electrons. The zero-order valence-corrected chi connectivity index (χ0v) is 19.2. The van der Waals surface area contributed by atoms with Gasteiger partial charge in [-0.05, 0) is 0 Å². The van der Waals surface area contributed by atoms with E-state index in [1.54, 1.807) is 47.0 Å². The fourth-order valence-corrected chi connectivity index (χ4v) is 14.6. The molecule has 0 fully saturated rings. The molecule has 1 atom stereocenters. The van der Waals surface area contributed by atoms with E-state index in [0.29, 0.717) is 5.75 Å². The van der Waals surface area contributed by atoms with Gasteiger partial charge in [-0.25, -0.2) is 0 Å². The number of hydrogen-bond acceptors (Lipinski definition) is 9. The number of thioether (sulfide) groups is 8. The Labute approximate surface area is 182 Å². The van der Waals surface area contributed by atoms with E-state index in [1.165, 1.54) is 21.2 Å². The molecular formula is C13H10F3NOS8. The van der Waals surface area contributed by atoms with E-state index in [9.17, 15) is 18.0 Å². The predicted octanol–water partition coefficient (Wildman–Crippen LogP) is 6.33. The van der Waals surface area contributed by atoms with Gasteiger partial charge in [-0.1, -0.05) is 47.0 Å². The van der Waals surface area contributed by atoms with Crippen LogP contribution >= 0.6 is 94.1 Å². The maximum absolute atomic E-state index is 12.3. The van der Waals surface area contributed by atoms with Crippen LogP contribution in [0.15, 0.2) is 25.4 Å². The van der Waals surface area contributed by atoms with Gasteiger partial charge < -0.3 is 5.32 Å². The molecule has 2 nitrogen and oxygen atoms in total. The van der Waals surface area contributed by atoms with Crippen LogP contribution in [0.4, 0.5) is 13.2 Å². The summed E-state index contributed by atoms with van der Waals surface area (Å²) < 4.78 is 44.8. The van der Waals surface area contributed by atoms with E-state index in [2.05, 4.69) is 0 Å². The standard InChI is InChI=1S/C13H10F3NOS8/c14-13(15,16)12(18)17-3-5-4-21-8-9(22-5)26-11(25-8)10-23-6-7(24-10)20-2-1-19-6/h5H,1-4H2,(H,17,18). The topological polar surface area (TPSA) is 29.1 Å². The molecule has 0 aromatic carbocycles. The molecule has 13 heteroatoms. The second-order valence-corrected chi connectivity index (χ2v) is 15.3. The number of carbonyl (C=O) groups excluding carboxylic acids is 1. The minimum atomic E-state index is -4.81. The Balaban J connectivity index is 1.34. The highest BCUT2D eigenvalue weighted by molar-refractivity contribution is 8.45. The van der Waals surface area contributed by atoms with Crippen molar-refractivity contribution in [3.05, 3.63) is 25.4 Å². The molecule has 0 aromatic rings. The Hall–Kier alpha value is 1.28. The van der Waals surface area contributed by atoms with Crippen molar-refractivity contribution >= 4 is 100 Å². The maximum Gasteiger partial charge on any atom is 0.471 e. The van der Waals surface area contributed by atoms with Crippen LogP contribution in [0.2, 0.25) is 0 Å². The fraction of sp³-hybridized carbons (Fsp3) is 0.462. The molecule has 1 amide bonds. The Bertz CT molecular complexity index is 711. The van der Waals surface area contributed by atoms with Gasteiger partial charge in [0.1, 0.15) is 0 Å². The zero-order chi connectivity index (χ0) is 18.3. The van der Waals surface area contributed by atoms with Crippen LogP contribution in [0.5, 0.6) is 0 Å². The number of halogens is 3. The lowest BCUT2D eigenvalue weighted by atomic mass is 10.4. The van der Waals surface area contributed by atoms with Crippen molar-refractivity contribution < 1.29 is 18.0 Å². The molecule has 0 saturated heterocycles. The van der Waals surface area contributed by atoms with Crippen molar-refractivity contribution in [1.29, 1.82) is 0 Å². The smallest absolute Gasteiger partial charge is 0.347 e. The summed E-state index contributed by atoms with van der Waals surface area (Å²) in [5.74, 6) is 1.17. The molecule has 4 aliphatic heterocycles. The average molecular weight is 510 g/mol. The molecule has 4 aliphatic rings. The van der Waals surface area contributed by atoms with E-state index >= 15 is 0 Å². The van der Waals surface area contributed by atoms with Crippen LogP contribution in [0.1, 0.15) is 0 Å². The maximum atomic E-state index is 12.3. The lowest BCUT2D eigenvalue weighted by Crippen LogP contribution is -2.40. The highest BCUT2D eigenvalue weighted by Crippen LogP contribution is 2.68. The molecule has 0 saturated carbocycles. The van der Waals surface area contributed by atoms with Crippen LogP contribution in [0.25, 0.3) is 0 Å². The van der Waals surface area contributed by atoms with Crippen molar-refractivity contribution in [2.75, 3.05) is 23.8 Å². The van der Waals surface area contributed by atoms with Gasteiger partial charge in [0.25, 0.3) is 0 Å². The summed E-state index contributed by atoms with van der Waals surface area (Å²) >= 11 is 14.3. The van der Waals surface area contributed by atoms with Gasteiger partial charge in [-0.15, -0.1) is 47.0 Å². The Morgan fingerprint density at radius 3 is 2.00 bits per heavy atom. The minimum absolute atomic E-state index is 0.0381. The molecule has 26 heavy (non-hydrogen) atoms. The summed E-state index contributed by atoms with van der Waals surface area (Å²) in [7, 11) is 0. The van der Waals surface area contributed by atoms with Crippen LogP contribution in [-0.2, 0) is 4.79 Å². The highest BCUT2D eigenvalue weighted by Gasteiger charge is 2.39. The third-order valence-electron chi connectivity index (χ3n) is 3.21. The van der Waals surface area contributed by atoms with E-state index in [-0.39, 0.29) is 11.8 Å². The van der Waals surface area contributed by atoms with E-state index in [1.807, 2.05) is 52.4 Å². The van der Waals surface area contributed by atoms with Gasteiger partial charge >= 0.3 is 12.1 Å². The Morgan fingerprint density at radius 1 is 0.885 bits per heavy atom.